The zero-order valence-corrected chi connectivity index (χ0v) is 10.7. The molecule has 1 unspecified atom stereocenters. The van der Waals surface area contributed by atoms with Gasteiger partial charge in [-0.25, -0.2) is 4.98 Å². The van der Waals surface area contributed by atoms with E-state index in [1.807, 2.05) is 18.2 Å². The molecule has 88 valence electrons. The molecule has 1 atom stereocenters. The second-order valence-electron chi connectivity index (χ2n) is 4.84. The molecule has 1 aromatic carbocycles. The van der Waals surface area contributed by atoms with Crippen LogP contribution in [0.3, 0.4) is 0 Å². The summed E-state index contributed by atoms with van der Waals surface area (Å²) in [4.78, 5) is 16.5. The van der Waals surface area contributed by atoms with Crippen LogP contribution >= 0.6 is 11.3 Å². The van der Waals surface area contributed by atoms with E-state index < -0.39 is 0 Å². The van der Waals surface area contributed by atoms with Gasteiger partial charge in [-0.1, -0.05) is 19.1 Å². The molecule has 0 radical (unpaired) electrons. The molecule has 0 N–H and O–H groups in total. The third kappa shape index (κ3) is 2.25. The quantitative estimate of drug-likeness (QED) is 0.825. The summed E-state index contributed by atoms with van der Waals surface area (Å²) in [6.45, 7) is 2.06. The third-order valence-electron chi connectivity index (χ3n) is 3.50. The fraction of sp³-hybridized carbons (Fsp3) is 0.429. The number of benzene rings is 1. The number of carbonyl (C=O) groups excluding carboxylic acids is 1. The van der Waals surface area contributed by atoms with Crippen molar-refractivity contribution in [3.63, 3.8) is 0 Å². The molecule has 0 saturated heterocycles. The molecule has 0 amide bonds. The summed E-state index contributed by atoms with van der Waals surface area (Å²) in [7, 11) is 0. The zero-order valence-electron chi connectivity index (χ0n) is 9.85. The first-order valence-electron chi connectivity index (χ1n) is 6.11. The van der Waals surface area contributed by atoms with Crippen LogP contribution in [0.1, 0.15) is 24.8 Å². The lowest BCUT2D eigenvalue weighted by Gasteiger charge is -2.06. The summed E-state index contributed by atoms with van der Waals surface area (Å²) in [5, 5.41) is 0.962. The van der Waals surface area contributed by atoms with E-state index in [1.54, 1.807) is 11.3 Å². The third-order valence-corrected chi connectivity index (χ3v) is 4.54. The summed E-state index contributed by atoms with van der Waals surface area (Å²) < 4.78 is 1.18. The molecule has 0 aliphatic heterocycles. The Kier molecular flexibility index (Phi) is 2.71. The summed E-state index contributed by atoms with van der Waals surface area (Å²) in [6, 6.07) is 8.06. The molecule has 1 aliphatic rings. The average molecular weight is 245 g/mol. The van der Waals surface area contributed by atoms with E-state index in [9.17, 15) is 4.79 Å². The Balaban J connectivity index is 1.77. The number of fused-ring (bicyclic) bond motifs is 1. The summed E-state index contributed by atoms with van der Waals surface area (Å²) in [5.41, 5.74) is 1.01. The van der Waals surface area contributed by atoms with E-state index in [4.69, 9.17) is 0 Å². The Morgan fingerprint density at radius 2 is 2.24 bits per heavy atom. The van der Waals surface area contributed by atoms with Crippen LogP contribution in [0.5, 0.6) is 0 Å². The van der Waals surface area contributed by atoms with Crippen LogP contribution < -0.4 is 0 Å². The van der Waals surface area contributed by atoms with Crippen molar-refractivity contribution >= 4 is 27.3 Å². The van der Waals surface area contributed by atoms with E-state index >= 15 is 0 Å². The number of para-hydroxylation sites is 1. The topological polar surface area (TPSA) is 30.0 Å². The minimum atomic E-state index is 0.224. The van der Waals surface area contributed by atoms with Gasteiger partial charge in [-0.05, 0) is 30.9 Å². The number of Topliss-reactive ketones (excluding diaryl/α,β-unsaturated/α-hetero) is 1. The van der Waals surface area contributed by atoms with E-state index in [0.717, 1.165) is 10.5 Å². The van der Waals surface area contributed by atoms with Crippen molar-refractivity contribution in [1.82, 2.24) is 4.98 Å². The van der Waals surface area contributed by atoms with E-state index in [-0.39, 0.29) is 5.92 Å². The lowest BCUT2D eigenvalue weighted by molar-refractivity contribution is -0.122. The van der Waals surface area contributed by atoms with Crippen molar-refractivity contribution in [2.24, 2.45) is 11.8 Å². The standard InChI is InChI=1S/C14H15NOS/c1-9(10-6-7-10)12(16)8-14-15-11-4-2-3-5-13(11)17-14/h2-5,9-10H,6-8H2,1H3. The van der Waals surface area contributed by atoms with Gasteiger partial charge in [0.05, 0.1) is 16.6 Å². The Bertz CT molecular complexity index is 523. The van der Waals surface area contributed by atoms with Crippen LogP contribution in [0.4, 0.5) is 0 Å². The predicted octanol–water partition coefficient (Wildman–Crippen LogP) is 3.45. The smallest absolute Gasteiger partial charge is 0.142 e. The van der Waals surface area contributed by atoms with Gasteiger partial charge < -0.3 is 0 Å². The number of aromatic nitrogens is 1. The Morgan fingerprint density at radius 3 is 2.94 bits per heavy atom. The van der Waals surface area contributed by atoms with Crippen molar-refractivity contribution < 1.29 is 4.79 Å². The fourth-order valence-electron chi connectivity index (χ4n) is 2.16. The Morgan fingerprint density at radius 1 is 1.47 bits per heavy atom. The molecular weight excluding hydrogens is 230 g/mol. The largest absolute Gasteiger partial charge is 0.299 e. The van der Waals surface area contributed by atoms with Crippen LogP contribution in [0.25, 0.3) is 10.2 Å². The van der Waals surface area contributed by atoms with Crippen LogP contribution in [-0.4, -0.2) is 10.8 Å². The van der Waals surface area contributed by atoms with Gasteiger partial charge in [0.25, 0.3) is 0 Å². The number of thiazole rings is 1. The van der Waals surface area contributed by atoms with Crippen molar-refractivity contribution in [1.29, 1.82) is 0 Å². The first-order valence-corrected chi connectivity index (χ1v) is 6.93. The van der Waals surface area contributed by atoms with Crippen molar-refractivity contribution in [2.75, 3.05) is 0 Å². The van der Waals surface area contributed by atoms with E-state index in [0.29, 0.717) is 18.1 Å². The first-order chi connectivity index (χ1) is 8.24. The highest BCUT2D eigenvalue weighted by Crippen LogP contribution is 2.37. The Hall–Kier alpha value is -1.22. The van der Waals surface area contributed by atoms with E-state index in [1.165, 1.54) is 17.5 Å². The highest BCUT2D eigenvalue weighted by Gasteiger charge is 2.32. The van der Waals surface area contributed by atoms with Crippen molar-refractivity contribution in [2.45, 2.75) is 26.2 Å². The monoisotopic (exact) mass is 245 g/mol. The molecule has 0 spiro atoms. The first kappa shape index (κ1) is 10.9. The van der Waals surface area contributed by atoms with Gasteiger partial charge in [-0.2, -0.15) is 0 Å². The number of nitrogens with zero attached hydrogens (tertiary/aromatic N) is 1. The van der Waals surface area contributed by atoms with Crippen LogP contribution in [0, 0.1) is 11.8 Å². The minimum absolute atomic E-state index is 0.224. The molecule has 1 fully saturated rings. The van der Waals surface area contributed by atoms with E-state index in [2.05, 4.69) is 18.0 Å². The molecule has 2 aromatic rings. The molecule has 1 aliphatic carbocycles. The number of rotatable bonds is 4. The maximum Gasteiger partial charge on any atom is 0.142 e. The number of ketones is 1. The molecule has 3 rings (SSSR count). The molecular formula is C14H15NOS. The van der Waals surface area contributed by atoms with Gasteiger partial charge in [0.1, 0.15) is 10.8 Å². The van der Waals surface area contributed by atoms with Gasteiger partial charge >= 0.3 is 0 Å². The molecule has 1 saturated carbocycles. The number of hydrogen-bond donors (Lipinski definition) is 0. The summed E-state index contributed by atoms with van der Waals surface area (Å²) in [6.07, 6.45) is 2.97. The lowest BCUT2D eigenvalue weighted by atomic mass is 9.99. The van der Waals surface area contributed by atoms with Crippen LogP contribution in [-0.2, 0) is 11.2 Å². The van der Waals surface area contributed by atoms with Crippen LogP contribution in [0.2, 0.25) is 0 Å². The lowest BCUT2D eigenvalue weighted by Crippen LogP contribution is -2.15. The molecule has 17 heavy (non-hydrogen) atoms. The maximum atomic E-state index is 12.0. The van der Waals surface area contributed by atoms with Gasteiger partial charge in [0, 0.05) is 5.92 Å². The normalized spacial score (nSPS) is 17.2. The van der Waals surface area contributed by atoms with Gasteiger partial charge in [0.2, 0.25) is 0 Å². The van der Waals surface area contributed by atoms with Gasteiger partial charge in [-0.3, -0.25) is 4.79 Å². The Labute approximate surface area is 105 Å². The second kappa shape index (κ2) is 4.22. The highest BCUT2D eigenvalue weighted by atomic mass is 32.1. The maximum absolute atomic E-state index is 12.0. The summed E-state index contributed by atoms with van der Waals surface area (Å²) >= 11 is 1.64. The van der Waals surface area contributed by atoms with Gasteiger partial charge in [-0.15, -0.1) is 11.3 Å². The second-order valence-corrected chi connectivity index (χ2v) is 5.96. The summed E-state index contributed by atoms with van der Waals surface area (Å²) in [5.74, 6) is 1.23. The molecule has 3 heteroatoms. The van der Waals surface area contributed by atoms with Gasteiger partial charge in [0.15, 0.2) is 0 Å². The number of hydrogen-bond acceptors (Lipinski definition) is 3. The predicted molar refractivity (Wildman–Crippen MR) is 70.2 cm³/mol. The number of carbonyl (C=O) groups is 1. The molecule has 1 aromatic heterocycles. The molecule has 2 nitrogen and oxygen atoms in total. The zero-order chi connectivity index (χ0) is 11.8. The highest BCUT2D eigenvalue weighted by molar-refractivity contribution is 7.18. The minimum Gasteiger partial charge on any atom is -0.299 e. The molecule has 1 heterocycles. The van der Waals surface area contributed by atoms with Crippen molar-refractivity contribution in [3.8, 4) is 0 Å². The van der Waals surface area contributed by atoms with Crippen LogP contribution in [0.15, 0.2) is 24.3 Å². The average Bonchev–Trinajstić information content (AvgIpc) is 3.08. The SMILES string of the molecule is CC(C(=O)Cc1nc2ccccc2s1)C1CC1. The molecule has 0 bridgehead atoms. The fourth-order valence-corrected chi connectivity index (χ4v) is 3.14. The van der Waals surface area contributed by atoms with Crippen molar-refractivity contribution in [3.05, 3.63) is 29.3 Å².